The van der Waals surface area contributed by atoms with Gasteiger partial charge in [-0.05, 0) is 37.5 Å². The molecular formula is C13H17BrN2O2. The van der Waals surface area contributed by atoms with Gasteiger partial charge in [0.25, 0.3) is 0 Å². The van der Waals surface area contributed by atoms with Crippen LogP contribution in [0.4, 0.5) is 5.69 Å². The molecule has 5 heteroatoms. The largest absolute Gasteiger partial charge is 0.389 e. The summed E-state index contributed by atoms with van der Waals surface area (Å²) in [5.74, 6) is -0.101. The van der Waals surface area contributed by atoms with E-state index < -0.39 is 5.60 Å². The summed E-state index contributed by atoms with van der Waals surface area (Å²) in [5.41, 5.74) is 0.175. The fraction of sp³-hybridized carbons (Fsp3) is 0.462. The lowest BCUT2D eigenvalue weighted by Gasteiger charge is -2.36. The van der Waals surface area contributed by atoms with Gasteiger partial charge in [-0.3, -0.25) is 4.79 Å². The van der Waals surface area contributed by atoms with Gasteiger partial charge in [-0.1, -0.05) is 22.0 Å². The summed E-state index contributed by atoms with van der Waals surface area (Å²) in [6, 6.07) is 7.45. The van der Waals surface area contributed by atoms with Gasteiger partial charge in [0.05, 0.1) is 12.1 Å². The summed E-state index contributed by atoms with van der Waals surface area (Å²) >= 11 is 3.35. The Morgan fingerprint density at radius 2 is 2.22 bits per heavy atom. The minimum atomic E-state index is -0.587. The van der Waals surface area contributed by atoms with Crippen LogP contribution in [0.15, 0.2) is 28.7 Å². The first-order chi connectivity index (χ1) is 8.57. The highest BCUT2D eigenvalue weighted by molar-refractivity contribution is 9.10. The van der Waals surface area contributed by atoms with E-state index in [1.54, 1.807) is 0 Å². The Morgan fingerprint density at radius 1 is 1.44 bits per heavy atom. The number of nitrogens with one attached hydrogen (secondary N) is 2. The van der Waals surface area contributed by atoms with Crippen LogP contribution in [0, 0.1) is 0 Å². The summed E-state index contributed by atoms with van der Waals surface area (Å²) in [4.78, 5) is 11.6. The standard InChI is InChI=1S/C13H17BrN2O2/c14-10-3-1-4-11(7-10)16-12(17)8-15-9-13(18)5-2-6-13/h1,3-4,7,15,18H,2,5-6,8-9H2,(H,16,17). The Balaban J connectivity index is 1.72. The topological polar surface area (TPSA) is 61.4 Å². The van der Waals surface area contributed by atoms with E-state index in [9.17, 15) is 9.90 Å². The van der Waals surface area contributed by atoms with Gasteiger partial charge in [0, 0.05) is 16.7 Å². The average molecular weight is 313 g/mol. The summed E-state index contributed by atoms with van der Waals surface area (Å²) < 4.78 is 0.928. The van der Waals surface area contributed by atoms with Crippen LogP contribution in [0.1, 0.15) is 19.3 Å². The zero-order chi connectivity index (χ0) is 13.0. The van der Waals surface area contributed by atoms with Crippen molar-refractivity contribution in [3.8, 4) is 0 Å². The molecule has 2 rings (SSSR count). The van der Waals surface area contributed by atoms with E-state index in [4.69, 9.17) is 0 Å². The Bertz CT molecular complexity index is 433. The third kappa shape index (κ3) is 3.80. The molecule has 1 saturated carbocycles. The molecule has 1 amide bonds. The molecule has 0 aliphatic heterocycles. The van der Waals surface area contributed by atoms with Crippen LogP contribution in [0.5, 0.6) is 0 Å². The lowest BCUT2D eigenvalue weighted by atomic mass is 9.80. The molecule has 1 aliphatic rings. The van der Waals surface area contributed by atoms with Gasteiger partial charge in [0.1, 0.15) is 0 Å². The molecule has 0 atom stereocenters. The molecule has 0 heterocycles. The molecule has 0 unspecified atom stereocenters. The third-order valence-electron chi connectivity index (χ3n) is 3.13. The molecule has 0 saturated heterocycles. The summed E-state index contributed by atoms with van der Waals surface area (Å²) in [5, 5.41) is 15.6. The maximum absolute atomic E-state index is 11.6. The van der Waals surface area contributed by atoms with Gasteiger partial charge in [-0.2, -0.15) is 0 Å². The number of benzene rings is 1. The van der Waals surface area contributed by atoms with Crippen LogP contribution in [-0.2, 0) is 4.79 Å². The molecule has 0 radical (unpaired) electrons. The third-order valence-corrected chi connectivity index (χ3v) is 3.63. The molecule has 1 aliphatic carbocycles. The zero-order valence-electron chi connectivity index (χ0n) is 10.1. The molecule has 0 spiro atoms. The lowest BCUT2D eigenvalue weighted by Crippen LogP contribution is -2.47. The van der Waals surface area contributed by atoms with E-state index >= 15 is 0 Å². The quantitative estimate of drug-likeness (QED) is 0.778. The van der Waals surface area contributed by atoms with Crippen molar-refractivity contribution in [2.24, 2.45) is 0 Å². The van der Waals surface area contributed by atoms with Crippen LogP contribution in [0.3, 0.4) is 0 Å². The van der Waals surface area contributed by atoms with E-state index in [-0.39, 0.29) is 12.5 Å². The maximum atomic E-state index is 11.6. The number of amides is 1. The van der Waals surface area contributed by atoms with E-state index in [1.165, 1.54) is 0 Å². The Kier molecular flexibility index (Phi) is 4.37. The highest BCUT2D eigenvalue weighted by Crippen LogP contribution is 2.30. The second-order valence-corrected chi connectivity index (χ2v) is 5.66. The molecular weight excluding hydrogens is 296 g/mol. The first-order valence-corrected chi connectivity index (χ1v) is 6.85. The molecule has 1 aromatic carbocycles. The smallest absolute Gasteiger partial charge is 0.238 e. The number of anilines is 1. The van der Waals surface area contributed by atoms with E-state index in [0.29, 0.717) is 6.54 Å². The number of hydrogen-bond donors (Lipinski definition) is 3. The molecule has 98 valence electrons. The summed E-state index contributed by atoms with van der Waals surface area (Å²) in [7, 11) is 0. The van der Waals surface area contributed by atoms with E-state index in [2.05, 4.69) is 26.6 Å². The number of carbonyl (C=O) groups excluding carboxylic acids is 1. The molecule has 0 aromatic heterocycles. The van der Waals surface area contributed by atoms with Crippen LogP contribution in [0.2, 0.25) is 0 Å². The van der Waals surface area contributed by atoms with Gasteiger partial charge in [-0.25, -0.2) is 0 Å². The Morgan fingerprint density at radius 3 is 2.83 bits per heavy atom. The lowest BCUT2D eigenvalue weighted by molar-refractivity contribution is -0.115. The van der Waals surface area contributed by atoms with Crippen LogP contribution >= 0.6 is 15.9 Å². The van der Waals surface area contributed by atoms with Crippen molar-refractivity contribution >= 4 is 27.5 Å². The fourth-order valence-electron chi connectivity index (χ4n) is 1.94. The summed E-state index contributed by atoms with van der Waals surface area (Å²) in [6.45, 7) is 0.702. The highest BCUT2D eigenvalue weighted by Gasteiger charge is 2.33. The second kappa shape index (κ2) is 5.82. The Labute approximate surface area is 115 Å². The molecule has 0 bridgehead atoms. The van der Waals surface area contributed by atoms with Crippen molar-refractivity contribution in [1.29, 1.82) is 0 Å². The van der Waals surface area contributed by atoms with Crippen molar-refractivity contribution in [1.82, 2.24) is 5.32 Å². The van der Waals surface area contributed by atoms with Crippen LogP contribution in [0.25, 0.3) is 0 Å². The normalized spacial score (nSPS) is 17.0. The van der Waals surface area contributed by atoms with Crippen molar-refractivity contribution in [2.45, 2.75) is 24.9 Å². The monoisotopic (exact) mass is 312 g/mol. The predicted octanol–water partition coefficient (Wildman–Crippen LogP) is 1.89. The van der Waals surface area contributed by atoms with Crippen molar-refractivity contribution in [2.75, 3.05) is 18.4 Å². The first kappa shape index (κ1) is 13.5. The number of halogens is 1. The highest BCUT2D eigenvalue weighted by atomic mass is 79.9. The molecule has 1 aromatic rings. The van der Waals surface area contributed by atoms with Gasteiger partial charge in [0.2, 0.25) is 5.91 Å². The number of rotatable bonds is 5. The minimum Gasteiger partial charge on any atom is -0.389 e. The van der Waals surface area contributed by atoms with Crippen LogP contribution in [-0.4, -0.2) is 29.7 Å². The van der Waals surface area contributed by atoms with E-state index in [0.717, 1.165) is 29.4 Å². The van der Waals surface area contributed by atoms with Crippen molar-refractivity contribution in [3.63, 3.8) is 0 Å². The number of aliphatic hydroxyl groups is 1. The number of hydrogen-bond acceptors (Lipinski definition) is 3. The number of carbonyl (C=O) groups is 1. The molecule has 3 N–H and O–H groups in total. The fourth-order valence-corrected chi connectivity index (χ4v) is 2.34. The van der Waals surface area contributed by atoms with Gasteiger partial charge < -0.3 is 15.7 Å². The van der Waals surface area contributed by atoms with Crippen molar-refractivity contribution < 1.29 is 9.90 Å². The van der Waals surface area contributed by atoms with Gasteiger partial charge in [-0.15, -0.1) is 0 Å². The predicted molar refractivity (Wildman–Crippen MR) is 74.4 cm³/mol. The molecule has 4 nitrogen and oxygen atoms in total. The molecule has 1 fully saturated rings. The zero-order valence-corrected chi connectivity index (χ0v) is 11.7. The van der Waals surface area contributed by atoms with Crippen LogP contribution < -0.4 is 10.6 Å². The SMILES string of the molecule is O=C(CNCC1(O)CCC1)Nc1cccc(Br)c1. The minimum absolute atomic E-state index is 0.101. The van der Waals surface area contributed by atoms with E-state index in [1.807, 2.05) is 24.3 Å². The maximum Gasteiger partial charge on any atom is 0.238 e. The van der Waals surface area contributed by atoms with Gasteiger partial charge in [0.15, 0.2) is 0 Å². The first-order valence-electron chi connectivity index (χ1n) is 6.06. The van der Waals surface area contributed by atoms with Gasteiger partial charge >= 0.3 is 0 Å². The molecule has 18 heavy (non-hydrogen) atoms. The van der Waals surface area contributed by atoms with Crippen molar-refractivity contribution in [3.05, 3.63) is 28.7 Å². The summed E-state index contributed by atoms with van der Waals surface area (Å²) in [6.07, 6.45) is 2.73. The Hall–Kier alpha value is -0.910. The second-order valence-electron chi connectivity index (χ2n) is 4.74. The average Bonchev–Trinajstić information content (AvgIpc) is 2.26.